The van der Waals surface area contributed by atoms with Crippen molar-refractivity contribution < 1.29 is 0 Å². The second kappa shape index (κ2) is 7.25. The van der Waals surface area contributed by atoms with Gasteiger partial charge in [0.05, 0.1) is 11.4 Å². The van der Waals surface area contributed by atoms with Gasteiger partial charge in [-0.25, -0.2) is 0 Å². The molecule has 26 heavy (non-hydrogen) atoms. The molecule has 0 aliphatic carbocycles. The van der Waals surface area contributed by atoms with E-state index in [-0.39, 0.29) is 5.37 Å². The summed E-state index contributed by atoms with van der Waals surface area (Å²) in [4.78, 5) is 5.03. The van der Waals surface area contributed by atoms with Gasteiger partial charge in [0.1, 0.15) is 10.4 Å². The number of nitrogens with one attached hydrogen (secondary N) is 1. The number of anilines is 1. The van der Waals surface area contributed by atoms with Crippen molar-refractivity contribution in [2.45, 2.75) is 30.9 Å². The van der Waals surface area contributed by atoms with Crippen LogP contribution in [-0.2, 0) is 5.75 Å². The summed E-state index contributed by atoms with van der Waals surface area (Å²) < 4.78 is 2.32. The summed E-state index contributed by atoms with van der Waals surface area (Å²) in [6.45, 7) is 4.40. The highest BCUT2D eigenvalue weighted by atomic mass is 32.2. The zero-order valence-electron chi connectivity index (χ0n) is 14.8. The number of rotatable bonds is 4. The zero-order valence-corrected chi connectivity index (χ0v) is 16.5. The first-order chi connectivity index (χ1) is 12.6. The lowest BCUT2D eigenvalue weighted by atomic mass is 10.0. The van der Waals surface area contributed by atoms with Crippen molar-refractivity contribution in [1.29, 1.82) is 0 Å². The van der Waals surface area contributed by atoms with Crippen LogP contribution in [0.5, 0.6) is 0 Å². The Morgan fingerprint density at radius 3 is 2.92 bits per heavy atom. The molecule has 0 radical (unpaired) electrons. The third-order valence-corrected chi connectivity index (χ3v) is 6.28. The molecule has 3 heterocycles. The van der Waals surface area contributed by atoms with E-state index < -0.39 is 0 Å². The molecule has 0 bridgehead atoms. The second-order valence-electron chi connectivity index (χ2n) is 6.77. The minimum absolute atomic E-state index is 0.284. The van der Waals surface area contributed by atoms with E-state index in [4.69, 9.17) is 12.2 Å². The van der Waals surface area contributed by atoms with Crippen LogP contribution in [0.2, 0.25) is 0 Å². The van der Waals surface area contributed by atoms with Crippen LogP contribution in [0.3, 0.4) is 0 Å². The molecule has 1 atom stereocenters. The van der Waals surface area contributed by atoms with Gasteiger partial charge in [0.15, 0.2) is 0 Å². The number of benzene rings is 1. The molecular weight excluding hydrogens is 358 g/mol. The van der Waals surface area contributed by atoms with Crippen LogP contribution >= 0.6 is 24.0 Å². The molecule has 0 saturated carbocycles. The molecule has 0 amide bonds. The minimum Gasteiger partial charge on any atom is -0.345 e. The normalized spacial score (nSPS) is 15.9. The van der Waals surface area contributed by atoms with Crippen LogP contribution in [0.15, 0.2) is 61.1 Å². The Hall–Kier alpha value is -2.11. The van der Waals surface area contributed by atoms with Crippen LogP contribution < -0.4 is 5.32 Å². The highest BCUT2D eigenvalue weighted by Crippen LogP contribution is 2.43. The third-order valence-electron chi connectivity index (χ3n) is 4.69. The van der Waals surface area contributed by atoms with E-state index in [9.17, 15) is 0 Å². The van der Waals surface area contributed by atoms with Crippen molar-refractivity contribution in [3.63, 3.8) is 0 Å². The largest absolute Gasteiger partial charge is 0.345 e. The average Bonchev–Trinajstić information content (AvgIpc) is 3.25. The number of thiocarbonyl (C=S) groups is 1. The number of hydrogen-bond donors (Lipinski definition) is 1. The average molecular weight is 380 g/mol. The fourth-order valence-electron chi connectivity index (χ4n) is 3.22. The topological polar surface area (TPSA) is 29.9 Å². The fraction of sp³-hybridized carbons (Fsp3) is 0.238. The monoisotopic (exact) mass is 379 g/mol. The first-order valence-corrected chi connectivity index (χ1v) is 10.2. The number of thioether (sulfide) groups is 1. The predicted octanol–water partition coefficient (Wildman–Crippen LogP) is 5.59. The molecule has 0 saturated heterocycles. The molecule has 4 rings (SSSR count). The van der Waals surface area contributed by atoms with Crippen LogP contribution in [-0.4, -0.2) is 14.5 Å². The zero-order chi connectivity index (χ0) is 18.1. The minimum atomic E-state index is 0.284. The molecule has 5 heteroatoms. The Labute approximate surface area is 163 Å². The predicted molar refractivity (Wildman–Crippen MR) is 114 cm³/mol. The second-order valence-corrected chi connectivity index (χ2v) is 8.24. The van der Waals surface area contributed by atoms with E-state index >= 15 is 0 Å². The maximum absolute atomic E-state index is 5.67. The van der Waals surface area contributed by atoms with Crippen LogP contribution in [0, 0.1) is 0 Å². The first-order valence-electron chi connectivity index (χ1n) is 8.76. The molecular formula is C21H21N3S2. The molecule has 1 aliphatic heterocycles. The summed E-state index contributed by atoms with van der Waals surface area (Å²) in [5.74, 6) is 1.46. The quantitative estimate of drug-likeness (QED) is 0.599. The summed E-state index contributed by atoms with van der Waals surface area (Å²) in [5, 5.41) is 3.74. The van der Waals surface area contributed by atoms with E-state index in [1.165, 1.54) is 16.8 Å². The number of nitrogens with zero attached hydrogens (tertiary/aromatic N) is 2. The Morgan fingerprint density at radius 1 is 1.27 bits per heavy atom. The van der Waals surface area contributed by atoms with Gasteiger partial charge < -0.3 is 9.88 Å². The Kier molecular flexibility index (Phi) is 4.83. The number of fused-ring (bicyclic) bond motifs is 1. The van der Waals surface area contributed by atoms with E-state index in [1.807, 2.05) is 30.2 Å². The Morgan fingerprint density at radius 2 is 2.15 bits per heavy atom. The van der Waals surface area contributed by atoms with Crippen molar-refractivity contribution in [3.8, 4) is 0 Å². The van der Waals surface area contributed by atoms with Gasteiger partial charge in [-0.05, 0) is 29.7 Å². The lowest BCUT2D eigenvalue weighted by molar-refractivity contribution is 0.778. The van der Waals surface area contributed by atoms with Gasteiger partial charge in [0, 0.05) is 35.5 Å². The van der Waals surface area contributed by atoms with Crippen molar-refractivity contribution >= 4 is 34.7 Å². The lowest BCUT2D eigenvalue weighted by Crippen LogP contribution is -2.12. The standard InChI is InChI=1S/C21H21N3S2/c1-14(2)15-5-3-6-16(11-15)20(25)23-18-8-10-24-19(18)13-26-21(24)17-7-4-9-22-12-17/h3-12,14,21H,13H2,1-2H3,(H,23,25). The fourth-order valence-corrected chi connectivity index (χ4v) is 4.76. The maximum atomic E-state index is 5.67. The van der Waals surface area contributed by atoms with Gasteiger partial charge in [-0.3, -0.25) is 4.98 Å². The highest BCUT2D eigenvalue weighted by molar-refractivity contribution is 7.99. The van der Waals surface area contributed by atoms with E-state index in [0.29, 0.717) is 5.92 Å². The van der Waals surface area contributed by atoms with Gasteiger partial charge >= 0.3 is 0 Å². The molecule has 1 aliphatic rings. The number of pyridine rings is 1. The summed E-state index contributed by atoms with van der Waals surface area (Å²) in [7, 11) is 0. The molecule has 3 aromatic rings. The van der Waals surface area contributed by atoms with Gasteiger partial charge in [-0.15, -0.1) is 11.8 Å². The van der Waals surface area contributed by atoms with Crippen molar-refractivity contribution in [2.75, 3.05) is 5.32 Å². The molecule has 132 valence electrons. The van der Waals surface area contributed by atoms with Crippen molar-refractivity contribution in [3.05, 3.63) is 83.4 Å². The Balaban J connectivity index is 1.56. The van der Waals surface area contributed by atoms with Crippen LogP contribution in [0.1, 0.15) is 47.5 Å². The van der Waals surface area contributed by atoms with Gasteiger partial charge in [0.2, 0.25) is 0 Å². The van der Waals surface area contributed by atoms with E-state index in [1.54, 1.807) is 0 Å². The molecule has 1 aromatic carbocycles. The van der Waals surface area contributed by atoms with Crippen molar-refractivity contribution in [1.82, 2.24) is 9.55 Å². The molecule has 1 N–H and O–H groups in total. The first kappa shape index (κ1) is 17.3. The van der Waals surface area contributed by atoms with Crippen molar-refractivity contribution in [2.24, 2.45) is 0 Å². The SMILES string of the molecule is CC(C)c1cccc(C(=S)Nc2ccn3c2CSC3c2cccnc2)c1. The maximum Gasteiger partial charge on any atom is 0.111 e. The molecule has 0 spiro atoms. The lowest BCUT2D eigenvalue weighted by Gasteiger charge is -2.12. The number of hydrogen-bond acceptors (Lipinski definition) is 3. The van der Waals surface area contributed by atoms with Crippen LogP contribution in [0.4, 0.5) is 5.69 Å². The molecule has 0 fully saturated rings. The van der Waals surface area contributed by atoms with Gasteiger partial charge in [0.25, 0.3) is 0 Å². The molecule has 3 nitrogen and oxygen atoms in total. The summed E-state index contributed by atoms with van der Waals surface area (Å²) in [5.41, 5.74) is 5.99. The number of aromatic nitrogens is 2. The summed E-state index contributed by atoms with van der Waals surface area (Å²) in [6.07, 6.45) is 5.90. The molecule has 2 aromatic heterocycles. The summed E-state index contributed by atoms with van der Waals surface area (Å²) in [6, 6.07) is 14.7. The van der Waals surface area contributed by atoms with Gasteiger partial charge in [-0.2, -0.15) is 0 Å². The Bertz CT molecular complexity index is 931. The smallest absolute Gasteiger partial charge is 0.111 e. The third kappa shape index (κ3) is 3.29. The van der Waals surface area contributed by atoms with Crippen LogP contribution in [0.25, 0.3) is 0 Å². The van der Waals surface area contributed by atoms with Gasteiger partial charge in [-0.1, -0.05) is 50.3 Å². The van der Waals surface area contributed by atoms with E-state index in [2.05, 4.69) is 71.3 Å². The van der Waals surface area contributed by atoms with E-state index in [0.717, 1.165) is 22.0 Å². The molecule has 1 unspecified atom stereocenters. The summed E-state index contributed by atoms with van der Waals surface area (Å²) >= 11 is 7.59. The highest BCUT2D eigenvalue weighted by Gasteiger charge is 2.26.